The van der Waals surface area contributed by atoms with Crippen LogP contribution in [0.2, 0.25) is 0 Å². The van der Waals surface area contributed by atoms with Crippen LogP contribution >= 0.6 is 0 Å². The summed E-state index contributed by atoms with van der Waals surface area (Å²) in [6.45, 7) is 11.4. The van der Waals surface area contributed by atoms with Gasteiger partial charge >= 0.3 is 0 Å². The molecule has 0 bridgehead atoms. The third kappa shape index (κ3) is 6.08. The Balaban J connectivity index is 1.26. The van der Waals surface area contributed by atoms with Crippen molar-refractivity contribution in [3.8, 4) is 11.1 Å². The van der Waals surface area contributed by atoms with Crippen molar-refractivity contribution in [1.82, 2.24) is 0 Å². The highest BCUT2D eigenvalue weighted by Crippen LogP contribution is 2.38. The smallest absolute Gasteiger partial charge is 0.00130 e. The van der Waals surface area contributed by atoms with E-state index in [0.717, 1.165) is 19.3 Å². The van der Waals surface area contributed by atoms with Crippen molar-refractivity contribution in [2.24, 2.45) is 11.3 Å². The van der Waals surface area contributed by atoms with Gasteiger partial charge in [0.1, 0.15) is 0 Å². The van der Waals surface area contributed by atoms with E-state index in [2.05, 4.69) is 144 Å². The average molecular weight is 497 g/mol. The maximum atomic E-state index is 2.37. The molecule has 0 nitrogen and oxygen atoms in total. The zero-order valence-corrected chi connectivity index (χ0v) is 23.6. The summed E-state index contributed by atoms with van der Waals surface area (Å²) in [5.41, 5.74) is 13.9. The molecule has 4 aromatic rings. The van der Waals surface area contributed by atoms with Crippen LogP contribution in [0.25, 0.3) is 29.4 Å². The van der Waals surface area contributed by atoms with Gasteiger partial charge in [-0.2, -0.15) is 0 Å². The first-order chi connectivity index (χ1) is 18.3. The third-order valence-electron chi connectivity index (χ3n) is 8.05. The minimum Gasteiger partial charge on any atom is -0.0871 e. The summed E-state index contributed by atoms with van der Waals surface area (Å²) in [6, 6.07) is 31.9. The lowest BCUT2D eigenvalue weighted by atomic mass is 9.74. The Hall–Kier alpha value is -3.64. The van der Waals surface area contributed by atoms with E-state index >= 15 is 0 Å². The van der Waals surface area contributed by atoms with Crippen molar-refractivity contribution in [1.29, 1.82) is 0 Å². The molecular formula is C38H40. The zero-order valence-electron chi connectivity index (χ0n) is 23.6. The molecule has 0 aliphatic heterocycles. The van der Waals surface area contributed by atoms with Crippen LogP contribution in [0.3, 0.4) is 0 Å². The minimum absolute atomic E-state index is 0.255. The first-order valence-electron chi connectivity index (χ1n) is 14.0. The standard InChI is InChI=1S/C38H40/c1-6-7-29-18-20-36-33(22-29)26-34-23-30(19-21-37(34)36)15-12-28-13-16-32(17-14-28)25-35(38(3,4)5)24-31-10-8-27(2)9-11-31/h6-23,35H,24-26H2,1-5H3/b7-6+,15-12+. The Morgan fingerprint density at radius 2 is 1.11 bits per heavy atom. The Morgan fingerprint density at radius 3 is 1.63 bits per heavy atom. The Bertz CT molecular complexity index is 1450. The Kier molecular flexibility index (Phi) is 7.52. The third-order valence-corrected chi connectivity index (χ3v) is 8.05. The van der Waals surface area contributed by atoms with E-state index in [1.807, 2.05) is 0 Å². The van der Waals surface area contributed by atoms with Crippen LogP contribution < -0.4 is 0 Å². The fraction of sp³-hybridized carbons (Fsp3) is 0.263. The van der Waals surface area contributed by atoms with Gasteiger partial charge in [-0.1, -0.05) is 136 Å². The second-order valence-electron chi connectivity index (χ2n) is 12.0. The topological polar surface area (TPSA) is 0 Å². The van der Waals surface area contributed by atoms with Gasteiger partial charge in [0, 0.05) is 0 Å². The molecule has 0 saturated heterocycles. The monoisotopic (exact) mass is 496 g/mol. The van der Waals surface area contributed by atoms with Gasteiger partial charge in [-0.05, 0) is 94.5 Å². The van der Waals surface area contributed by atoms with Crippen LogP contribution in [0.5, 0.6) is 0 Å². The lowest BCUT2D eigenvalue weighted by Crippen LogP contribution is -2.25. The van der Waals surface area contributed by atoms with E-state index in [1.54, 1.807) is 0 Å². The molecule has 1 atom stereocenters. The maximum absolute atomic E-state index is 2.37. The molecule has 0 amide bonds. The van der Waals surface area contributed by atoms with Gasteiger partial charge in [0.15, 0.2) is 0 Å². The maximum Gasteiger partial charge on any atom is -0.00130 e. The van der Waals surface area contributed by atoms with Gasteiger partial charge in [0.25, 0.3) is 0 Å². The molecule has 0 fully saturated rings. The molecule has 0 heterocycles. The van der Waals surface area contributed by atoms with E-state index in [9.17, 15) is 0 Å². The lowest BCUT2D eigenvalue weighted by molar-refractivity contribution is 0.237. The van der Waals surface area contributed by atoms with Crippen LogP contribution in [0.4, 0.5) is 0 Å². The summed E-state index contributed by atoms with van der Waals surface area (Å²) in [7, 11) is 0. The van der Waals surface area contributed by atoms with Crippen LogP contribution in [0.1, 0.15) is 72.2 Å². The zero-order chi connectivity index (χ0) is 26.7. The number of fused-ring (bicyclic) bond motifs is 3. The van der Waals surface area contributed by atoms with E-state index < -0.39 is 0 Å². The molecule has 1 aliphatic rings. The minimum atomic E-state index is 0.255. The van der Waals surface area contributed by atoms with Crippen LogP contribution in [0, 0.1) is 18.3 Å². The van der Waals surface area contributed by atoms with Crippen molar-refractivity contribution < 1.29 is 0 Å². The molecule has 1 aliphatic carbocycles. The fourth-order valence-corrected chi connectivity index (χ4v) is 5.59. The highest BCUT2D eigenvalue weighted by molar-refractivity contribution is 5.80. The number of aryl methyl sites for hydroxylation is 1. The van der Waals surface area contributed by atoms with Gasteiger partial charge < -0.3 is 0 Å². The van der Waals surface area contributed by atoms with Crippen molar-refractivity contribution in [3.05, 3.63) is 136 Å². The number of hydrogen-bond acceptors (Lipinski definition) is 0. The summed E-state index contributed by atoms with van der Waals surface area (Å²) >= 11 is 0. The normalized spacial score (nSPS) is 13.7. The quantitative estimate of drug-likeness (QED) is 0.197. The first kappa shape index (κ1) is 26.0. The number of benzene rings is 4. The Morgan fingerprint density at radius 1 is 0.632 bits per heavy atom. The molecule has 192 valence electrons. The lowest BCUT2D eigenvalue weighted by Gasteiger charge is -2.31. The van der Waals surface area contributed by atoms with E-state index in [4.69, 9.17) is 0 Å². The van der Waals surface area contributed by atoms with Crippen LogP contribution in [0.15, 0.2) is 91.0 Å². The molecule has 4 aromatic carbocycles. The van der Waals surface area contributed by atoms with Crippen molar-refractivity contribution >= 4 is 18.2 Å². The number of allylic oxidation sites excluding steroid dienone is 1. The fourth-order valence-electron chi connectivity index (χ4n) is 5.59. The van der Waals surface area contributed by atoms with Crippen molar-refractivity contribution in [2.75, 3.05) is 0 Å². The molecule has 0 heteroatoms. The molecule has 0 N–H and O–H groups in total. The summed E-state index contributed by atoms with van der Waals surface area (Å²) in [5.74, 6) is 0.594. The van der Waals surface area contributed by atoms with Gasteiger partial charge in [-0.25, -0.2) is 0 Å². The number of hydrogen-bond donors (Lipinski definition) is 0. The largest absolute Gasteiger partial charge is 0.0871 e. The molecular weight excluding hydrogens is 456 g/mol. The van der Waals surface area contributed by atoms with Gasteiger partial charge in [0.05, 0.1) is 0 Å². The summed E-state index contributed by atoms with van der Waals surface area (Å²) in [6.07, 6.45) is 12.0. The second-order valence-corrected chi connectivity index (χ2v) is 12.0. The molecule has 0 spiro atoms. The van der Waals surface area contributed by atoms with Gasteiger partial charge in [0.2, 0.25) is 0 Å². The van der Waals surface area contributed by atoms with Gasteiger partial charge in [-0.3, -0.25) is 0 Å². The van der Waals surface area contributed by atoms with Crippen LogP contribution in [-0.2, 0) is 19.3 Å². The van der Waals surface area contributed by atoms with Crippen molar-refractivity contribution in [3.63, 3.8) is 0 Å². The molecule has 0 aromatic heterocycles. The highest BCUT2D eigenvalue weighted by atomic mass is 14.3. The van der Waals surface area contributed by atoms with Crippen LogP contribution in [-0.4, -0.2) is 0 Å². The van der Waals surface area contributed by atoms with E-state index in [1.165, 1.54) is 55.6 Å². The van der Waals surface area contributed by atoms with E-state index in [0.29, 0.717) is 5.92 Å². The summed E-state index contributed by atoms with van der Waals surface area (Å²) < 4.78 is 0. The first-order valence-corrected chi connectivity index (χ1v) is 14.0. The van der Waals surface area contributed by atoms with E-state index in [-0.39, 0.29) is 5.41 Å². The SMILES string of the molecule is C/C=C/c1ccc2c(c1)Cc1cc(/C=C/c3ccc(CC(Cc4ccc(C)cc4)C(C)(C)C)cc3)ccc1-2. The second kappa shape index (κ2) is 11.0. The van der Waals surface area contributed by atoms with Crippen molar-refractivity contribution in [2.45, 2.75) is 53.9 Å². The molecule has 38 heavy (non-hydrogen) atoms. The van der Waals surface area contributed by atoms with Gasteiger partial charge in [-0.15, -0.1) is 0 Å². The summed E-state index contributed by atoms with van der Waals surface area (Å²) in [4.78, 5) is 0. The predicted octanol–water partition coefficient (Wildman–Crippen LogP) is 10.2. The molecule has 5 rings (SSSR count). The molecule has 0 radical (unpaired) electrons. The highest BCUT2D eigenvalue weighted by Gasteiger charge is 2.25. The molecule has 1 unspecified atom stereocenters. The number of rotatable bonds is 7. The Labute approximate surface area is 229 Å². The molecule has 0 saturated carbocycles. The summed E-state index contributed by atoms with van der Waals surface area (Å²) in [5, 5.41) is 0. The average Bonchev–Trinajstić information content (AvgIpc) is 3.25. The predicted molar refractivity (Wildman–Crippen MR) is 166 cm³/mol.